The van der Waals surface area contributed by atoms with Crippen molar-refractivity contribution in [3.63, 3.8) is 0 Å². The van der Waals surface area contributed by atoms with Crippen molar-refractivity contribution >= 4 is 34.1 Å². The number of nitrogens with two attached hydrogens (primary N) is 1. The third kappa shape index (κ3) is 3.47. The van der Waals surface area contributed by atoms with Gasteiger partial charge in [-0.25, -0.2) is 0 Å². The molecule has 0 aliphatic rings. The second-order valence-electron chi connectivity index (χ2n) is 4.41. The topological polar surface area (TPSA) is 53.1 Å². The average molecular weight is 365 g/mol. The molecule has 3 nitrogen and oxygen atoms in total. The zero-order chi connectivity index (χ0) is 13.8. The lowest BCUT2D eigenvalue weighted by Crippen LogP contribution is -2.21. The third-order valence-corrected chi connectivity index (χ3v) is 3.66. The fourth-order valence-electron chi connectivity index (χ4n) is 1.98. The third-order valence-electron chi connectivity index (χ3n) is 2.94. The number of para-hydroxylation sites is 1. The van der Waals surface area contributed by atoms with E-state index in [2.05, 4.69) is 51.8 Å². The van der Waals surface area contributed by atoms with Crippen LogP contribution in [0.15, 0.2) is 48.5 Å². The number of nitrogen functional groups attached to an aromatic ring is 1. The molecule has 2 aromatic carbocycles. The Morgan fingerprint density at radius 1 is 1.16 bits per heavy atom. The number of halogens is 1. The lowest BCUT2D eigenvalue weighted by molar-refractivity contribution is 0.921. The molecule has 0 aliphatic heterocycles. The molecule has 98 valence electrons. The highest BCUT2D eigenvalue weighted by Gasteiger charge is 2.09. The Hall–Kier alpha value is -1.56. The minimum absolute atomic E-state index is 0.102. The molecule has 0 atom stereocenters. The van der Waals surface area contributed by atoms with Gasteiger partial charge in [-0.3, -0.25) is 5.41 Å². The van der Waals surface area contributed by atoms with E-state index < -0.39 is 0 Å². The molecular formula is C15H16IN3. The molecule has 0 heterocycles. The summed E-state index contributed by atoms with van der Waals surface area (Å²) in [6.07, 6.45) is 0. The maximum absolute atomic E-state index is 7.63. The lowest BCUT2D eigenvalue weighted by atomic mass is 10.1. The van der Waals surface area contributed by atoms with E-state index in [1.54, 1.807) is 0 Å². The summed E-state index contributed by atoms with van der Waals surface area (Å²) >= 11 is 2.30. The van der Waals surface area contributed by atoms with Gasteiger partial charge in [-0.05, 0) is 52.4 Å². The van der Waals surface area contributed by atoms with E-state index in [1.807, 2.05) is 31.3 Å². The number of nitrogens with zero attached hydrogens (tertiary/aromatic N) is 1. The smallest absolute Gasteiger partial charge is 0.124 e. The largest absolute Gasteiger partial charge is 0.384 e. The average Bonchev–Trinajstić information content (AvgIpc) is 2.41. The summed E-state index contributed by atoms with van der Waals surface area (Å²) in [6, 6.07) is 16.2. The van der Waals surface area contributed by atoms with Gasteiger partial charge in [0, 0.05) is 28.4 Å². The Kier molecular flexibility index (Phi) is 4.42. The van der Waals surface area contributed by atoms with E-state index in [1.165, 1.54) is 9.13 Å². The van der Waals surface area contributed by atoms with Gasteiger partial charge in [-0.1, -0.05) is 24.3 Å². The van der Waals surface area contributed by atoms with Gasteiger partial charge in [0.1, 0.15) is 5.84 Å². The molecule has 4 heteroatoms. The highest BCUT2D eigenvalue weighted by atomic mass is 127. The molecule has 19 heavy (non-hydrogen) atoms. The molecule has 0 amide bonds. The standard InChI is InChI=1S/C15H16IN3/c1-19(10-11-6-8-12(16)9-7-11)14-5-3-2-4-13(14)15(17)18/h2-9H,10H2,1H3,(H3,17,18). The monoisotopic (exact) mass is 365 g/mol. The molecule has 0 saturated heterocycles. The molecule has 0 spiro atoms. The summed E-state index contributed by atoms with van der Waals surface area (Å²) in [4.78, 5) is 2.11. The van der Waals surface area contributed by atoms with Crippen molar-refractivity contribution in [3.8, 4) is 0 Å². The molecule has 0 saturated carbocycles. The first-order valence-electron chi connectivity index (χ1n) is 5.97. The van der Waals surface area contributed by atoms with Gasteiger partial charge in [-0.15, -0.1) is 0 Å². The summed E-state index contributed by atoms with van der Waals surface area (Å²) in [7, 11) is 2.01. The van der Waals surface area contributed by atoms with Crippen molar-refractivity contribution in [2.75, 3.05) is 11.9 Å². The van der Waals surface area contributed by atoms with Crippen LogP contribution in [0.3, 0.4) is 0 Å². The zero-order valence-corrected chi connectivity index (χ0v) is 12.9. The van der Waals surface area contributed by atoms with Crippen molar-refractivity contribution in [3.05, 3.63) is 63.2 Å². The second kappa shape index (κ2) is 6.06. The van der Waals surface area contributed by atoms with Gasteiger partial charge in [0.05, 0.1) is 0 Å². The summed E-state index contributed by atoms with van der Waals surface area (Å²) in [5.74, 6) is 0.102. The second-order valence-corrected chi connectivity index (χ2v) is 5.66. The van der Waals surface area contributed by atoms with Crippen LogP contribution in [-0.4, -0.2) is 12.9 Å². The molecule has 0 fully saturated rings. The van der Waals surface area contributed by atoms with E-state index in [9.17, 15) is 0 Å². The van der Waals surface area contributed by atoms with Crippen LogP contribution in [-0.2, 0) is 6.54 Å². The van der Waals surface area contributed by atoms with E-state index in [-0.39, 0.29) is 5.84 Å². The van der Waals surface area contributed by atoms with Crippen LogP contribution in [0.1, 0.15) is 11.1 Å². The van der Waals surface area contributed by atoms with Crippen LogP contribution in [0.25, 0.3) is 0 Å². The predicted octanol–water partition coefficient (Wildman–Crippen LogP) is 3.21. The number of nitrogens with one attached hydrogen (secondary N) is 1. The first kappa shape index (κ1) is 13.9. The molecule has 2 rings (SSSR count). The zero-order valence-electron chi connectivity index (χ0n) is 10.7. The van der Waals surface area contributed by atoms with Crippen LogP contribution < -0.4 is 10.6 Å². The number of anilines is 1. The summed E-state index contributed by atoms with van der Waals surface area (Å²) in [5, 5.41) is 7.63. The van der Waals surface area contributed by atoms with Crippen LogP contribution in [0.5, 0.6) is 0 Å². The lowest BCUT2D eigenvalue weighted by Gasteiger charge is -2.22. The van der Waals surface area contributed by atoms with Crippen molar-refractivity contribution in [2.24, 2.45) is 5.73 Å². The molecule has 0 bridgehead atoms. The first-order valence-corrected chi connectivity index (χ1v) is 7.05. The molecular weight excluding hydrogens is 349 g/mol. The van der Waals surface area contributed by atoms with Crippen molar-refractivity contribution in [2.45, 2.75) is 6.54 Å². The van der Waals surface area contributed by atoms with E-state index in [0.717, 1.165) is 17.8 Å². The Morgan fingerprint density at radius 2 is 1.79 bits per heavy atom. The number of hydrogen-bond acceptors (Lipinski definition) is 2. The summed E-state index contributed by atoms with van der Waals surface area (Å²) in [5.41, 5.74) is 8.61. The summed E-state index contributed by atoms with van der Waals surface area (Å²) in [6.45, 7) is 0.793. The van der Waals surface area contributed by atoms with Gasteiger partial charge in [0.15, 0.2) is 0 Å². The minimum Gasteiger partial charge on any atom is -0.384 e. The maximum Gasteiger partial charge on any atom is 0.124 e. The number of hydrogen-bond donors (Lipinski definition) is 2. The number of benzene rings is 2. The fraction of sp³-hybridized carbons (Fsp3) is 0.133. The molecule has 0 unspecified atom stereocenters. The fourth-order valence-corrected chi connectivity index (χ4v) is 2.34. The van der Waals surface area contributed by atoms with Gasteiger partial charge >= 0.3 is 0 Å². The molecule has 0 aliphatic carbocycles. The van der Waals surface area contributed by atoms with Gasteiger partial charge < -0.3 is 10.6 Å². The Bertz CT molecular complexity index is 578. The van der Waals surface area contributed by atoms with Gasteiger partial charge in [0.2, 0.25) is 0 Å². The normalized spacial score (nSPS) is 10.2. The number of amidine groups is 1. The van der Waals surface area contributed by atoms with Crippen molar-refractivity contribution < 1.29 is 0 Å². The van der Waals surface area contributed by atoms with E-state index >= 15 is 0 Å². The predicted molar refractivity (Wildman–Crippen MR) is 88.7 cm³/mol. The highest BCUT2D eigenvalue weighted by molar-refractivity contribution is 14.1. The Balaban J connectivity index is 2.22. The molecule has 2 aromatic rings. The van der Waals surface area contributed by atoms with Crippen LogP contribution in [0, 0.1) is 8.98 Å². The van der Waals surface area contributed by atoms with Crippen molar-refractivity contribution in [1.82, 2.24) is 0 Å². The Morgan fingerprint density at radius 3 is 2.42 bits per heavy atom. The minimum atomic E-state index is 0.102. The SMILES string of the molecule is CN(Cc1ccc(I)cc1)c1ccccc1C(=N)N. The first-order chi connectivity index (χ1) is 9.08. The van der Waals surface area contributed by atoms with Crippen molar-refractivity contribution in [1.29, 1.82) is 5.41 Å². The summed E-state index contributed by atoms with van der Waals surface area (Å²) < 4.78 is 1.23. The Labute approximate surface area is 127 Å². The van der Waals surface area contributed by atoms with Crippen LogP contribution in [0.2, 0.25) is 0 Å². The number of rotatable bonds is 4. The maximum atomic E-state index is 7.63. The van der Waals surface area contributed by atoms with Gasteiger partial charge in [-0.2, -0.15) is 0 Å². The van der Waals surface area contributed by atoms with Crippen LogP contribution >= 0.6 is 22.6 Å². The quantitative estimate of drug-likeness (QED) is 0.497. The highest BCUT2D eigenvalue weighted by Crippen LogP contribution is 2.20. The molecule has 3 N–H and O–H groups in total. The molecule has 0 radical (unpaired) electrons. The van der Waals surface area contributed by atoms with Crippen LogP contribution in [0.4, 0.5) is 5.69 Å². The van der Waals surface area contributed by atoms with E-state index in [0.29, 0.717) is 0 Å². The van der Waals surface area contributed by atoms with E-state index in [4.69, 9.17) is 11.1 Å². The molecule has 0 aromatic heterocycles. The van der Waals surface area contributed by atoms with Gasteiger partial charge in [0.25, 0.3) is 0 Å².